The van der Waals surface area contributed by atoms with Crippen molar-refractivity contribution in [3.63, 3.8) is 0 Å². The van der Waals surface area contributed by atoms with Crippen LogP contribution in [-0.2, 0) is 19.1 Å². The Kier molecular flexibility index (Phi) is 19.9. The van der Waals surface area contributed by atoms with Gasteiger partial charge >= 0.3 is 11.9 Å². The molecule has 4 heteroatoms. The molecule has 0 aliphatic rings. The van der Waals surface area contributed by atoms with Gasteiger partial charge in [-0.25, -0.2) is 0 Å². The Bertz CT molecular complexity index is 368. The highest BCUT2D eigenvalue weighted by molar-refractivity contribution is 5.72. The smallest absolute Gasteiger partial charge is 0.308 e. The third kappa shape index (κ3) is 17.1. The predicted octanol–water partition coefficient (Wildman–Crippen LogP) is 6.99. The molecule has 0 aromatic rings. The summed E-state index contributed by atoms with van der Waals surface area (Å²) in [5, 5.41) is 0. The number of hydrogen-bond acceptors (Lipinski definition) is 4. The van der Waals surface area contributed by atoms with Gasteiger partial charge in [-0.05, 0) is 32.1 Å². The van der Waals surface area contributed by atoms with Crippen molar-refractivity contribution in [2.24, 2.45) is 5.92 Å². The summed E-state index contributed by atoms with van der Waals surface area (Å²) < 4.78 is 10.7. The van der Waals surface area contributed by atoms with E-state index in [0.717, 1.165) is 70.6 Å². The van der Waals surface area contributed by atoms with E-state index in [4.69, 9.17) is 9.47 Å². The minimum atomic E-state index is -0.0516. The van der Waals surface area contributed by atoms with Crippen LogP contribution in [0.2, 0.25) is 0 Å². The molecule has 0 heterocycles. The van der Waals surface area contributed by atoms with E-state index < -0.39 is 0 Å². The lowest BCUT2D eigenvalue weighted by molar-refractivity contribution is -0.149. The zero-order chi connectivity index (χ0) is 20.9. The number of hydrogen-bond donors (Lipinski definition) is 0. The molecule has 0 aliphatic carbocycles. The van der Waals surface area contributed by atoms with Gasteiger partial charge in [-0.2, -0.15) is 0 Å². The maximum atomic E-state index is 12.1. The fraction of sp³-hybridized carbons (Fsp3) is 0.917. The fourth-order valence-electron chi connectivity index (χ4n) is 3.29. The first-order valence-electron chi connectivity index (χ1n) is 12.0. The Balaban J connectivity index is 3.55. The first-order chi connectivity index (χ1) is 13.7. The average Bonchev–Trinajstić information content (AvgIpc) is 2.69. The summed E-state index contributed by atoms with van der Waals surface area (Å²) in [5.74, 6) is -0.0150. The van der Waals surface area contributed by atoms with Crippen molar-refractivity contribution in [2.75, 3.05) is 13.2 Å². The second-order valence-electron chi connectivity index (χ2n) is 7.92. The van der Waals surface area contributed by atoms with Gasteiger partial charge in [-0.3, -0.25) is 9.59 Å². The topological polar surface area (TPSA) is 52.6 Å². The standard InChI is InChI=1S/C24H46O4/c1-4-7-9-16-20-27-23(25)19-15-13-11-12-14-18-22(6-3)24(26)28-21-17-10-8-5-2/h22H,4-21H2,1-3H3. The van der Waals surface area contributed by atoms with Crippen molar-refractivity contribution in [3.05, 3.63) is 0 Å². The first-order valence-corrected chi connectivity index (χ1v) is 12.0. The summed E-state index contributed by atoms with van der Waals surface area (Å²) in [6.45, 7) is 7.57. The molecule has 0 bridgehead atoms. The quantitative estimate of drug-likeness (QED) is 0.164. The molecule has 1 unspecified atom stereocenters. The summed E-state index contributed by atoms with van der Waals surface area (Å²) in [7, 11) is 0. The van der Waals surface area contributed by atoms with E-state index in [2.05, 4.69) is 20.8 Å². The molecule has 0 N–H and O–H groups in total. The van der Waals surface area contributed by atoms with Crippen LogP contribution in [0.15, 0.2) is 0 Å². The first kappa shape index (κ1) is 26.9. The molecule has 0 saturated carbocycles. The van der Waals surface area contributed by atoms with E-state index in [0.29, 0.717) is 19.6 Å². The van der Waals surface area contributed by atoms with Crippen molar-refractivity contribution in [2.45, 2.75) is 124 Å². The van der Waals surface area contributed by atoms with Gasteiger partial charge < -0.3 is 9.47 Å². The molecular weight excluding hydrogens is 352 g/mol. The van der Waals surface area contributed by atoms with E-state index >= 15 is 0 Å². The van der Waals surface area contributed by atoms with Gasteiger partial charge in [0.2, 0.25) is 0 Å². The van der Waals surface area contributed by atoms with Crippen molar-refractivity contribution < 1.29 is 19.1 Å². The minimum absolute atomic E-state index is 0.0133. The van der Waals surface area contributed by atoms with E-state index in [9.17, 15) is 9.59 Å². The van der Waals surface area contributed by atoms with Crippen molar-refractivity contribution in [1.82, 2.24) is 0 Å². The molecule has 1 atom stereocenters. The Morgan fingerprint density at radius 1 is 0.643 bits per heavy atom. The number of carbonyl (C=O) groups is 2. The van der Waals surface area contributed by atoms with Crippen LogP contribution in [0.5, 0.6) is 0 Å². The predicted molar refractivity (Wildman–Crippen MR) is 116 cm³/mol. The van der Waals surface area contributed by atoms with Gasteiger partial charge in [-0.1, -0.05) is 85.0 Å². The zero-order valence-corrected chi connectivity index (χ0v) is 18.9. The van der Waals surface area contributed by atoms with Crippen LogP contribution in [0.25, 0.3) is 0 Å². The fourth-order valence-corrected chi connectivity index (χ4v) is 3.29. The molecule has 0 fully saturated rings. The highest BCUT2D eigenvalue weighted by Gasteiger charge is 2.17. The maximum absolute atomic E-state index is 12.1. The highest BCUT2D eigenvalue weighted by Crippen LogP contribution is 2.17. The van der Waals surface area contributed by atoms with Crippen molar-refractivity contribution in [1.29, 1.82) is 0 Å². The molecule has 0 aromatic carbocycles. The number of esters is 2. The average molecular weight is 399 g/mol. The van der Waals surface area contributed by atoms with Crippen LogP contribution in [0.4, 0.5) is 0 Å². The summed E-state index contributed by atoms with van der Waals surface area (Å²) in [6, 6.07) is 0. The van der Waals surface area contributed by atoms with Crippen LogP contribution in [0.1, 0.15) is 124 Å². The van der Waals surface area contributed by atoms with Crippen molar-refractivity contribution in [3.8, 4) is 0 Å². The molecule has 4 nitrogen and oxygen atoms in total. The maximum Gasteiger partial charge on any atom is 0.308 e. The molecule has 0 aliphatic heterocycles. The van der Waals surface area contributed by atoms with Crippen molar-refractivity contribution >= 4 is 11.9 Å². The van der Waals surface area contributed by atoms with Gasteiger partial charge in [0, 0.05) is 6.42 Å². The molecular formula is C24H46O4. The van der Waals surface area contributed by atoms with E-state index in [-0.39, 0.29) is 17.9 Å². The Morgan fingerprint density at radius 3 is 1.79 bits per heavy atom. The molecule has 0 spiro atoms. The van der Waals surface area contributed by atoms with E-state index in [1.807, 2.05) is 0 Å². The SMILES string of the molecule is CCCCCCOC(=O)CCCCCCCC(CC)C(=O)OCCCCCC. The van der Waals surface area contributed by atoms with E-state index in [1.165, 1.54) is 25.7 Å². The van der Waals surface area contributed by atoms with Gasteiger partial charge in [0.15, 0.2) is 0 Å². The monoisotopic (exact) mass is 398 g/mol. The normalized spacial score (nSPS) is 12.0. The Morgan fingerprint density at radius 2 is 1.18 bits per heavy atom. The lowest BCUT2D eigenvalue weighted by atomic mass is 9.98. The van der Waals surface area contributed by atoms with Gasteiger partial charge in [0.25, 0.3) is 0 Å². The van der Waals surface area contributed by atoms with Gasteiger partial charge in [0.1, 0.15) is 0 Å². The van der Waals surface area contributed by atoms with Crippen LogP contribution >= 0.6 is 0 Å². The minimum Gasteiger partial charge on any atom is -0.466 e. The third-order valence-electron chi connectivity index (χ3n) is 5.26. The zero-order valence-electron chi connectivity index (χ0n) is 18.9. The summed E-state index contributed by atoms with van der Waals surface area (Å²) in [4.78, 5) is 23.8. The molecule has 28 heavy (non-hydrogen) atoms. The summed E-state index contributed by atoms with van der Waals surface area (Å²) in [6.07, 6.45) is 16.7. The summed E-state index contributed by atoms with van der Waals surface area (Å²) >= 11 is 0. The van der Waals surface area contributed by atoms with Gasteiger partial charge in [-0.15, -0.1) is 0 Å². The molecule has 0 saturated heterocycles. The molecule has 166 valence electrons. The second kappa shape index (κ2) is 20.7. The molecule has 0 rings (SSSR count). The van der Waals surface area contributed by atoms with Crippen LogP contribution in [0.3, 0.4) is 0 Å². The largest absolute Gasteiger partial charge is 0.466 e. The van der Waals surface area contributed by atoms with Gasteiger partial charge in [0.05, 0.1) is 19.1 Å². The Labute approximate surface area is 174 Å². The number of rotatable bonds is 20. The summed E-state index contributed by atoms with van der Waals surface area (Å²) in [5.41, 5.74) is 0. The molecule has 0 amide bonds. The number of unbranched alkanes of at least 4 members (excludes halogenated alkanes) is 10. The van der Waals surface area contributed by atoms with Crippen LogP contribution in [-0.4, -0.2) is 25.2 Å². The molecule has 0 radical (unpaired) electrons. The molecule has 0 aromatic heterocycles. The van der Waals surface area contributed by atoms with E-state index in [1.54, 1.807) is 0 Å². The number of carbonyl (C=O) groups excluding carboxylic acids is 2. The lowest BCUT2D eigenvalue weighted by Crippen LogP contribution is -2.17. The third-order valence-corrected chi connectivity index (χ3v) is 5.26. The number of ether oxygens (including phenoxy) is 2. The Hall–Kier alpha value is -1.06. The van der Waals surface area contributed by atoms with Crippen LogP contribution < -0.4 is 0 Å². The second-order valence-corrected chi connectivity index (χ2v) is 7.92. The lowest BCUT2D eigenvalue weighted by Gasteiger charge is -2.14. The highest BCUT2D eigenvalue weighted by atomic mass is 16.5. The van der Waals surface area contributed by atoms with Crippen LogP contribution in [0, 0.1) is 5.92 Å².